The van der Waals surface area contributed by atoms with Crippen LogP contribution in [0.2, 0.25) is 0 Å². The van der Waals surface area contributed by atoms with E-state index in [9.17, 15) is 0 Å². The number of methoxy groups -OCH3 is 1. The number of nitrogens with one attached hydrogen (secondary N) is 1. The highest BCUT2D eigenvalue weighted by atomic mass is 16.5. The van der Waals surface area contributed by atoms with Crippen LogP contribution in [-0.4, -0.2) is 24.7 Å². The van der Waals surface area contributed by atoms with Crippen LogP contribution in [0.15, 0.2) is 18.5 Å². The van der Waals surface area contributed by atoms with Crippen LogP contribution >= 0.6 is 0 Å². The van der Waals surface area contributed by atoms with Gasteiger partial charge in [0.25, 0.3) is 0 Å². The largest absolute Gasteiger partial charge is 0.383 e. The normalized spacial score (nSPS) is 12.8. The Kier molecular flexibility index (Phi) is 4.56. The summed E-state index contributed by atoms with van der Waals surface area (Å²) in [4.78, 5) is 4.14. The van der Waals surface area contributed by atoms with Crippen LogP contribution in [0.1, 0.15) is 18.1 Å². The molecular formula is C11H18N2O. The van der Waals surface area contributed by atoms with Gasteiger partial charge in [0, 0.05) is 32.1 Å². The van der Waals surface area contributed by atoms with E-state index in [1.54, 1.807) is 7.11 Å². The van der Waals surface area contributed by atoms with Crippen molar-refractivity contribution in [2.45, 2.75) is 26.4 Å². The van der Waals surface area contributed by atoms with Crippen molar-refractivity contribution in [3.05, 3.63) is 29.6 Å². The van der Waals surface area contributed by atoms with Crippen molar-refractivity contribution in [3.8, 4) is 0 Å². The fourth-order valence-electron chi connectivity index (χ4n) is 1.32. The van der Waals surface area contributed by atoms with Crippen LogP contribution in [0.5, 0.6) is 0 Å². The van der Waals surface area contributed by atoms with Crippen molar-refractivity contribution in [3.63, 3.8) is 0 Å². The Morgan fingerprint density at radius 2 is 2.29 bits per heavy atom. The van der Waals surface area contributed by atoms with E-state index >= 15 is 0 Å². The molecule has 1 rings (SSSR count). The predicted octanol–water partition coefficient (Wildman–Crippen LogP) is 1.51. The third kappa shape index (κ3) is 3.85. The van der Waals surface area contributed by atoms with Gasteiger partial charge in [-0.1, -0.05) is 6.07 Å². The first-order valence-corrected chi connectivity index (χ1v) is 4.85. The van der Waals surface area contributed by atoms with Crippen LogP contribution in [-0.2, 0) is 11.3 Å². The van der Waals surface area contributed by atoms with Crippen LogP contribution in [0.3, 0.4) is 0 Å². The molecule has 0 amide bonds. The molecule has 1 heterocycles. The standard InChI is InChI=1S/C11H18N2O/c1-9-4-11(6-12-5-9)7-13-10(2)8-14-3/h4-6,10,13H,7-8H2,1-3H3. The number of pyridine rings is 1. The Bertz CT molecular complexity index is 276. The number of rotatable bonds is 5. The smallest absolute Gasteiger partial charge is 0.0613 e. The van der Waals surface area contributed by atoms with Gasteiger partial charge in [0.1, 0.15) is 0 Å². The number of aromatic nitrogens is 1. The molecule has 0 aromatic carbocycles. The zero-order valence-electron chi connectivity index (χ0n) is 9.08. The van der Waals surface area contributed by atoms with Crippen molar-refractivity contribution in [2.24, 2.45) is 0 Å². The minimum Gasteiger partial charge on any atom is -0.383 e. The molecule has 0 saturated heterocycles. The lowest BCUT2D eigenvalue weighted by Gasteiger charge is -2.12. The molecule has 1 unspecified atom stereocenters. The minimum absolute atomic E-state index is 0.375. The molecule has 0 spiro atoms. The van der Waals surface area contributed by atoms with Gasteiger partial charge in [-0.25, -0.2) is 0 Å². The molecule has 1 N–H and O–H groups in total. The van der Waals surface area contributed by atoms with Crippen molar-refractivity contribution < 1.29 is 4.74 Å². The van der Waals surface area contributed by atoms with Crippen molar-refractivity contribution in [1.29, 1.82) is 0 Å². The predicted molar refractivity (Wildman–Crippen MR) is 57.2 cm³/mol. The van der Waals surface area contributed by atoms with E-state index in [1.165, 1.54) is 11.1 Å². The van der Waals surface area contributed by atoms with Gasteiger partial charge in [0.15, 0.2) is 0 Å². The average Bonchev–Trinajstić information content (AvgIpc) is 2.15. The Morgan fingerprint density at radius 1 is 1.50 bits per heavy atom. The van der Waals surface area contributed by atoms with Crippen LogP contribution in [0.25, 0.3) is 0 Å². The lowest BCUT2D eigenvalue weighted by atomic mass is 10.2. The van der Waals surface area contributed by atoms with Crippen LogP contribution in [0.4, 0.5) is 0 Å². The molecule has 14 heavy (non-hydrogen) atoms. The molecule has 3 nitrogen and oxygen atoms in total. The molecule has 1 aromatic heterocycles. The van der Waals surface area contributed by atoms with Crippen molar-refractivity contribution >= 4 is 0 Å². The number of hydrogen-bond donors (Lipinski definition) is 1. The summed E-state index contributed by atoms with van der Waals surface area (Å²) < 4.78 is 5.04. The van der Waals surface area contributed by atoms with Crippen LogP contribution < -0.4 is 5.32 Å². The Morgan fingerprint density at radius 3 is 2.93 bits per heavy atom. The van der Waals surface area contributed by atoms with Gasteiger partial charge in [-0.2, -0.15) is 0 Å². The number of nitrogens with zero attached hydrogens (tertiary/aromatic N) is 1. The first-order chi connectivity index (χ1) is 6.72. The molecule has 3 heteroatoms. The van der Waals surface area contributed by atoms with E-state index in [0.717, 1.165) is 13.2 Å². The maximum absolute atomic E-state index is 5.04. The summed E-state index contributed by atoms with van der Waals surface area (Å²) in [5, 5.41) is 3.36. The third-order valence-corrected chi connectivity index (χ3v) is 2.00. The van der Waals surface area contributed by atoms with E-state index in [-0.39, 0.29) is 0 Å². The Labute approximate surface area is 85.5 Å². The van der Waals surface area contributed by atoms with Gasteiger partial charge >= 0.3 is 0 Å². The third-order valence-electron chi connectivity index (χ3n) is 2.00. The SMILES string of the molecule is COCC(C)NCc1cncc(C)c1. The minimum atomic E-state index is 0.375. The summed E-state index contributed by atoms with van der Waals surface area (Å²) in [5.74, 6) is 0. The van der Waals surface area contributed by atoms with E-state index in [1.807, 2.05) is 12.4 Å². The molecule has 0 aliphatic carbocycles. The highest BCUT2D eigenvalue weighted by molar-refractivity contribution is 5.16. The highest BCUT2D eigenvalue weighted by Gasteiger charge is 2.00. The molecule has 0 aliphatic rings. The van der Waals surface area contributed by atoms with Gasteiger partial charge in [0.2, 0.25) is 0 Å². The number of ether oxygens (including phenoxy) is 1. The molecule has 1 atom stereocenters. The summed E-state index contributed by atoms with van der Waals surface area (Å²) in [6.45, 7) is 5.74. The highest BCUT2D eigenvalue weighted by Crippen LogP contribution is 2.00. The molecule has 0 aliphatic heterocycles. The van der Waals surface area contributed by atoms with Crippen molar-refractivity contribution in [2.75, 3.05) is 13.7 Å². The summed E-state index contributed by atoms with van der Waals surface area (Å²) in [6, 6.07) is 2.51. The fraction of sp³-hybridized carbons (Fsp3) is 0.545. The number of aryl methyl sites for hydroxylation is 1. The summed E-state index contributed by atoms with van der Waals surface area (Å²) in [7, 11) is 1.71. The summed E-state index contributed by atoms with van der Waals surface area (Å²) >= 11 is 0. The molecule has 0 saturated carbocycles. The zero-order chi connectivity index (χ0) is 10.4. The van der Waals surface area contributed by atoms with Gasteiger partial charge in [-0.3, -0.25) is 4.98 Å². The second-order valence-electron chi connectivity index (χ2n) is 3.61. The monoisotopic (exact) mass is 194 g/mol. The van der Waals surface area contributed by atoms with E-state index in [2.05, 4.69) is 30.2 Å². The van der Waals surface area contributed by atoms with Gasteiger partial charge in [0.05, 0.1) is 6.61 Å². The average molecular weight is 194 g/mol. The summed E-state index contributed by atoms with van der Waals surface area (Å²) in [6.07, 6.45) is 3.75. The Balaban J connectivity index is 2.37. The van der Waals surface area contributed by atoms with E-state index in [4.69, 9.17) is 4.74 Å². The molecule has 0 bridgehead atoms. The molecule has 0 fully saturated rings. The van der Waals surface area contributed by atoms with Gasteiger partial charge in [-0.05, 0) is 25.0 Å². The molecule has 0 radical (unpaired) electrons. The maximum atomic E-state index is 5.04. The Hall–Kier alpha value is -0.930. The summed E-state index contributed by atoms with van der Waals surface area (Å²) in [5.41, 5.74) is 2.41. The molecular weight excluding hydrogens is 176 g/mol. The van der Waals surface area contributed by atoms with Crippen LogP contribution in [0, 0.1) is 6.92 Å². The maximum Gasteiger partial charge on any atom is 0.0613 e. The lowest BCUT2D eigenvalue weighted by molar-refractivity contribution is 0.171. The van der Waals surface area contributed by atoms with Crippen molar-refractivity contribution in [1.82, 2.24) is 10.3 Å². The molecule has 78 valence electrons. The van der Waals surface area contributed by atoms with Gasteiger partial charge in [-0.15, -0.1) is 0 Å². The first kappa shape index (κ1) is 11.1. The number of hydrogen-bond acceptors (Lipinski definition) is 3. The second-order valence-corrected chi connectivity index (χ2v) is 3.61. The van der Waals surface area contributed by atoms with Gasteiger partial charge < -0.3 is 10.1 Å². The quantitative estimate of drug-likeness (QED) is 0.771. The zero-order valence-corrected chi connectivity index (χ0v) is 9.08. The lowest BCUT2D eigenvalue weighted by Crippen LogP contribution is -2.29. The van der Waals surface area contributed by atoms with E-state index < -0.39 is 0 Å². The van der Waals surface area contributed by atoms with E-state index in [0.29, 0.717) is 6.04 Å². The second kappa shape index (κ2) is 5.73. The molecule has 1 aromatic rings. The first-order valence-electron chi connectivity index (χ1n) is 4.85. The topological polar surface area (TPSA) is 34.1 Å². The fourth-order valence-corrected chi connectivity index (χ4v) is 1.32.